The number of aryl methyl sites for hydroxylation is 4. The van der Waals surface area contributed by atoms with Crippen molar-refractivity contribution in [3.63, 3.8) is 0 Å². The van der Waals surface area contributed by atoms with E-state index in [0.717, 1.165) is 53.3 Å². The normalized spacial score (nSPS) is 11.1. The fraction of sp³-hybridized carbons (Fsp3) is 0.308. The lowest BCUT2D eigenvalue weighted by molar-refractivity contribution is 0.0957. The van der Waals surface area contributed by atoms with Gasteiger partial charge in [-0.05, 0) is 61.9 Å². The van der Waals surface area contributed by atoms with Crippen LogP contribution in [-0.4, -0.2) is 28.6 Å². The van der Waals surface area contributed by atoms with E-state index in [4.69, 9.17) is 9.72 Å². The molecular weight excluding hydrogens is 418 g/mol. The van der Waals surface area contributed by atoms with E-state index < -0.39 is 0 Å². The number of aromatic nitrogens is 2. The topological polar surface area (TPSA) is 56.1 Å². The number of benzene rings is 2. The quantitative estimate of drug-likeness (QED) is 0.325. The second-order valence-corrected chi connectivity index (χ2v) is 8.92. The molecule has 0 aliphatic rings. The van der Waals surface area contributed by atoms with Gasteiger partial charge in [0.1, 0.15) is 11.6 Å². The molecule has 0 radical (unpaired) electrons. The third kappa shape index (κ3) is 5.37. The number of ether oxygens (including phenoxy) is 1. The third-order valence-electron chi connectivity index (χ3n) is 5.46. The van der Waals surface area contributed by atoms with E-state index in [9.17, 15) is 4.79 Å². The first kappa shape index (κ1) is 22.1. The fourth-order valence-corrected chi connectivity index (χ4v) is 4.52. The maximum Gasteiger partial charge on any atom is 0.261 e. The number of rotatable bonds is 10. The molecule has 2 aromatic carbocycles. The average molecular weight is 448 g/mol. The number of para-hydroxylation sites is 2. The van der Waals surface area contributed by atoms with Crippen LogP contribution in [0.5, 0.6) is 5.75 Å². The van der Waals surface area contributed by atoms with Crippen LogP contribution in [0.25, 0.3) is 11.0 Å². The van der Waals surface area contributed by atoms with Crippen molar-refractivity contribution in [2.24, 2.45) is 0 Å². The van der Waals surface area contributed by atoms with Crippen LogP contribution < -0.4 is 10.1 Å². The van der Waals surface area contributed by atoms with Crippen molar-refractivity contribution >= 4 is 28.3 Å². The molecule has 166 valence electrons. The maximum absolute atomic E-state index is 12.1. The van der Waals surface area contributed by atoms with Gasteiger partial charge in [-0.1, -0.05) is 35.9 Å². The molecule has 0 fully saturated rings. The highest BCUT2D eigenvalue weighted by atomic mass is 32.1. The summed E-state index contributed by atoms with van der Waals surface area (Å²) < 4.78 is 8.32. The highest BCUT2D eigenvalue weighted by Gasteiger charge is 2.11. The van der Waals surface area contributed by atoms with Gasteiger partial charge in [0.05, 0.1) is 22.5 Å². The van der Waals surface area contributed by atoms with Crippen LogP contribution in [0.1, 0.15) is 39.5 Å². The number of carbonyl (C=O) groups excluding carboxylic acids is 1. The Morgan fingerprint density at radius 1 is 1.09 bits per heavy atom. The average Bonchev–Trinajstić information content (AvgIpc) is 3.44. The number of carbonyl (C=O) groups is 1. The van der Waals surface area contributed by atoms with Crippen LogP contribution in [-0.2, 0) is 13.0 Å². The molecule has 4 aromatic rings. The standard InChI is InChI=1S/C26H29N3O2S/c1-19-12-13-23(20(2)18-19)31-16-7-15-29-22-9-4-3-8-21(22)28-25(29)11-5-14-27-26(30)24-10-6-17-32-24/h3-4,6,8-10,12-13,17-18H,5,7,11,14-16H2,1-2H3,(H,27,30). The Morgan fingerprint density at radius 3 is 2.78 bits per heavy atom. The minimum Gasteiger partial charge on any atom is -0.493 e. The summed E-state index contributed by atoms with van der Waals surface area (Å²) in [5.74, 6) is 2.01. The molecule has 0 unspecified atom stereocenters. The lowest BCUT2D eigenvalue weighted by Gasteiger charge is -2.12. The summed E-state index contributed by atoms with van der Waals surface area (Å²) in [4.78, 5) is 17.7. The van der Waals surface area contributed by atoms with E-state index in [1.165, 1.54) is 22.5 Å². The molecule has 0 saturated heterocycles. The minimum atomic E-state index is -0.00273. The molecule has 1 N–H and O–H groups in total. The molecule has 0 bridgehead atoms. The largest absolute Gasteiger partial charge is 0.493 e. The minimum absolute atomic E-state index is 0.00273. The molecule has 1 amide bonds. The summed E-state index contributed by atoms with van der Waals surface area (Å²) in [5, 5.41) is 4.92. The highest BCUT2D eigenvalue weighted by molar-refractivity contribution is 7.12. The van der Waals surface area contributed by atoms with Gasteiger partial charge >= 0.3 is 0 Å². The summed E-state index contributed by atoms with van der Waals surface area (Å²) in [5.41, 5.74) is 4.58. The van der Waals surface area contributed by atoms with E-state index in [-0.39, 0.29) is 5.91 Å². The van der Waals surface area contributed by atoms with Gasteiger partial charge in [-0.25, -0.2) is 4.98 Å². The van der Waals surface area contributed by atoms with E-state index in [1.54, 1.807) is 0 Å². The zero-order chi connectivity index (χ0) is 22.3. The van der Waals surface area contributed by atoms with Gasteiger partial charge in [-0.3, -0.25) is 4.79 Å². The number of imidazole rings is 1. The van der Waals surface area contributed by atoms with Crippen LogP contribution in [0.2, 0.25) is 0 Å². The van der Waals surface area contributed by atoms with Crippen molar-refractivity contribution in [1.29, 1.82) is 0 Å². The third-order valence-corrected chi connectivity index (χ3v) is 6.32. The zero-order valence-electron chi connectivity index (χ0n) is 18.6. The van der Waals surface area contributed by atoms with Crippen molar-refractivity contribution in [2.45, 2.75) is 39.7 Å². The maximum atomic E-state index is 12.1. The number of amides is 1. The number of hydrogen-bond acceptors (Lipinski definition) is 4. The summed E-state index contributed by atoms with van der Waals surface area (Å²) in [7, 11) is 0. The summed E-state index contributed by atoms with van der Waals surface area (Å²) in [6.45, 7) is 6.32. The Balaban J connectivity index is 1.34. The van der Waals surface area contributed by atoms with Crippen LogP contribution in [0.3, 0.4) is 0 Å². The van der Waals surface area contributed by atoms with E-state index >= 15 is 0 Å². The highest BCUT2D eigenvalue weighted by Crippen LogP contribution is 2.20. The van der Waals surface area contributed by atoms with Crippen LogP contribution in [0.4, 0.5) is 0 Å². The summed E-state index contributed by atoms with van der Waals surface area (Å²) >= 11 is 1.46. The van der Waals surface area contributed by atoms with E-state index in [2.05, 4.69) is 54.1 Å². The van der Waals surface area contributed by atoms with Crippen LogP contribution >= 0.6 is 11.3 Å². The first-order valence-electron chi connectivity index (χ1n) is 11.1. The lowest BCUT2D eigenvalue weighted by atomic mass is 10.1. The van der Waals surface area contributed by atoms with Crippen molar-refractivity contribution in [3.05, 3.63) is 81.8 Å². The number of thiophene rings is 1. The molecule has 6 heteroatoms. The van der Waals surface area contributed by atoms with Gasteiger partial charge in [0, 0.05) is 19.5 Å². The first-order valence-corrected chi connectivity index (χ1v) is 12.0. The molecule has 32 heavy (non-hydrogen) atoms. The molecule has 0 aliphatic heterocycles. The number of hydrogen-bond donors (Lipinski definition) is 1. The smallest absolute Gasteiger partial charge is 0.261 e. The van der Waals surface area contributed by atoms with Crippen LogP contribution in [0, 0.1) is 13.8 Å². The number of fused-ring (bicyclic) bond motifs is 1. The Kier molecular flexibility index (Phi) is 7.22. The van der Waals surface area contributed by atoms with Gasteiger partial charge in [0.2, 0.25) is 0 Å². The van der Waals surface area contributed by atoms with Gasteiger partial charge in [0.15, 0.2) is 0 Å². The Morgan fingerprint density at radius 2 is 1.97 bits per heavy atom. The van der Waals surface area contributed by atoms with E-state index in [0.29, 0.717) is 13.2 Å². The summed E-state index contributed by atoms with van der Waals surface area (Å²) in [6, 6.07) is 18.3. The molecule has 0 saturated carbocycles. The SMILES string of the molecule is Cc1ccc(OCCCn2c(CCCNC(=O)c3cccs3)nc3ccccc32)c(C)c1. The molecular formula is C26H29N3O2S. The zero-order valence-corrected chi connectivity index (χ0v) is 19.5. The molecule has 0 aliphatic carbocycles. The molecule has 5 nitrogen and oxygen atoms in total. The molecule has 0 spiro atoms. The van der Waals surface area contributed by atoms with Crippen LogP contribution in [0.15, 0.2) is 60.0 Å². The van der Waals surface area contributed by atoms with Crippen molar-refractivity contribution in [3.8, 4) is 5.75 Å². The molecule has 2 heterocycles. The Bertz CT molecular complexity index is 1180. The fourth-order valence-electron chi connectivity index (χ4n) is 3.88. The predicted octanol–water partition coefficient (Wildman–Crippen LogP) is 5.55. The predicted molar refractivity (Wildman–Crippen MR) is 131 cm³/mol. The molecule has 0 atom stereocenters. The molecule has 2 aromatic heterocycles. The summed E-state index contributed by atoms with van der Waals surface area (Å²) in [6.07, 6.45) is 2.56. The monoisotopic (exact) mass is 447 g/mol. The van der Waals surface area contributed by atoms with Gasteiger partial charge < -0.3 is 14.6 Å². The van der Waals surface area contributed by atoms with Crippen molar-refractivity contribution in [1.82, 2.24) is 14.9 Å². The van der Waals surface area contributed by atoms with Gasteiger partial charge in [0.25, 0.3) is 5.91 Å². The first-order chi connectivity index (χ1) is 15.6. The second kappa shape index (κ2) is 10.5. The molecule has 4 rings (SSSR count). The second-order valence-electron chi connectivity index (χ2n) is 7.98. The van der Waals surface area contributed by atoms with Crippen molar-refractivity contribution in [2.75, 3.05) is 13.2 Å². The van der Waals surface area contributed by atoms with E-state index in [1.807, 2.05) is 29.6 Å². The van der Waals surface area contributed by atoms with Gasteiger partial charge in [-0.15, -0.1) is 11.3 Å². The number of nitrogens with zero attached hydrogens (tertiary/aromatic N) is 2. The van der Waals surface area contributed by atoms with Gasteiger partial charge in [-0.2, -0.15) is 0 Å². The lowest BCUT2D eigenvalue weighted by Crippen LogP contribution is -2.24. The number of nitrogens with one attached hydrogen (secondary N) is 1. The Labute approximate surface area is 193 Å². The van der Waals surface area contributed by atoms with Crippen molar-refractivity contribution < 1.29 is 9.53 Å². The Hall–Kier alpha value is -3.12.